The number of hydrogen-bond acceptors (Lipinski definition) is 4. The lowest BCUT2D eigenvalue weighted by molar-refractivity contribution is -0.123. The molecule has 106 valence electrons. The number of hydrogen-bond donors (Lipinski definition) is 2. The Kier molecular flexibility index (Phi) is 3.81. The Morgan fingerprint density at radius 3 is 2.30 bits per heavy atom. The zero-order valence-corrected chi connectivity index (χ0v) is 13.0. The Morgan fingerprint density at radius 2 is 1.85 bits per heavy atom. The second kappa shape index (κ2) is 5.25. The van der Waals surface area contributed by atoms with Crippen LogP contribution in [0.1, 0.15) is 25.6 Å². The summed E-state index contributed by atoms with van der Waals surface area (Å²) in [5.74, 6) is -0.000617. The lowest BCUT2D eigenvalue weighted by Gasteiger charge is -2.17. The van der Waals surface area contributed by atoms with Crippen molar-refractivity contribution in [1.82, 2.24) is 4.98 Å². The van der Waals surface area contributed by atoms with E-state index in [1.165, 1.54) is 11.3 Å². The molecule has 0 unspecified atom stereocenters. The van der Waals surface area contributed by atoms with Crippen molar-refractivity contribution in [1.29, 1.82) is 0 Å². The number of nitrogens with two attached hydrogens (primary N) is 1. The fourth-order valence-electron chi connectivity index (χ4n) is 1.71. The minimum Gasteiger partial charge on any atom is -0.375 e. The van der Waals surface area contributed by atoms with Crippen LogP contribution in [-0.4, -0.2) is 10.9 Å². The lowest BCUT2D eigenvalue weighted by atomic mass is 9.95. The molecular weight excluding hydrogens is 270 g/mol. The number of nitrogen functional groups attached to an aromatic ring is 1. The van der Waals surface area contributed by atoms with Crippen LogP contribution in [0.25, 0.3) is 11.3 Å². The van der Waals surface area contributed by atoms with Crippen LogP contribution in [0, 0.1) is 12.3 Å². The van der Waals surface area contributed by atoms with Gasteiger partial charge in [0.25, 0.3) is 0 Å². The average molecular weight is 289 g/mol. The highest BCUT2D eigenvalue weighted by molar-refractivity contribution is 7.15. The van der Waals surface area contributed by atoms with Gasteiger partial charge in [-0.05, 0) is 19.1 Å². The van der Waals surface area contributed by atoms with Crippen molar-refractivity contribution < 1.29 is 4.79 Å². The second-order valence-electron chi connectivity index (χ2n) is 5.74. The summed E-state index contributed by atoms with van der Waals surface area (Å²) in [6, 6.07) is 7.65. The normalized spacial score (nSPS) is 11.4. The van der Waals surface area contributed by atoms with Gasteiger partial charge < -0.3 is 11.1 Å². The number of benzene rings is 1. The Balaban J connectivity index is 2.19. The molecule has 0 radical (unpaired) electrons. The summed E-state index contributed by atoms with van der Waals surface area (Å²) in [4.78, 5) is 17.3. The van der Waals surface area contributed by atoms with Crippen LogP contribution in [0.5, 0.6) is 0 Å². The van der Waals surface area contributed by atoms with Crippen molar-refractivity contribution >= 4 is 28.1 Å². The van der Waals surface area contributed by atoms with Gasteiger partial charge in [-0.15, -0.1) is 11.3 Å². The molecule has 0 fully saturated rings. The van der Waals surface area contributed by atoms with Gasteiger partial charge >= 0.3 is 0 Å². The minimum atomic E-state index is -0.404. The van der Waals surface area contributed by atoms with Crippen molar-refractivity contribution in [3.05, 3.63) is 29.1 Å². The van der Waals surface area contributed by atoms with E-state index in [0.29, 0.717) is 5.13 Å². The molecule has 2 rings (SSSR count). The van der Waals surface area contributed by atoms with Gasteiger partial charge in [0.05, 0.1) is 5.69 Å². The van der Waals surface area contributed by atoms with E-state index in [1.807, 2.05) is 52.0 Å². The van der Waals surface area contributed by atoms with Crippen LogP contribution in [0.2, 0.25) is 0 Å². The summed E-state index contributed by atoms with van der Waals surface area (Å²) >= 11 is 1.48. The van der Waals surface area contributed by atoms with Crippen LogP contribution < -0.4 is 11.1 Å². The van der Waals surface area contributed by atoms with E-state index >= 15 is 0 Å². The van der Waals surface area contributed by atoms with E-state index in [-0.39, 0.29) is 5.91 Å². The third-order valence-corrected chi connectivity index (χ3v) is 3.71. The maximum Gasteiger partial charge on any atom is 0.229 e. The highest BCUT2D eigenvalue weighted by atomic mass is 32.1. The summed E-state index contributed by atoms with van der Waals surface area (Å²) in [6.07, 6.45) is 0. The molecule has 0 aliphatic heterocycles. The van der Waals surface area contributed by atoms with Crippen LogP contribution in [0.4, 0.5) is 10.8 Å². The van der Waals surface area contributed by atoms with Gasteiger partial charge in [0.15, 0.2) is 5.13 Å². The van der Waals surface area contributed by atoms with E-state index in [9.17, 15) is 4.79 Å². The number of carbonyl (C=O) groups is 1. The molecule has 1 heterocycles. The monoisotopic (exact) mass is 289 g/mol. The van der Waals surface area contributed by atoms with Crippen LogP contribution in [0.15, 0.2) is 24.3 Å². The molecule has 1 aromatic carbocycles. The van der Waals surface area contributed by atoms with Crippen molar-refractivity contribution in [2.45, 2.75) is 27.7 Å². The number of rotatable bonds is 2. The summed E-state index contributed by atoms with van der Waals surface area (Å²) in [7, 11) is 0. The standard InChI is InChI=1S/C15H19N3OS/c1-9-12(18-14(16)20-9)10-5-7-11(8-6-10)17-13(19)15(2,3)4/h5-8H,1-4H3,(H2,16,18)(H,17,19). The molecule has 1 amide bonds. The minimum absolute atomic E-state index is 0.000617. The summed E-state index contributed by atoms with van der Waals surface area (Å²) in [6.45, 7) is 7.66. The molecule has 0 saturated carbocycles. The first-order chi connectivity index (χ1) is 9.27. The van der Waals surface area contributed by atoms with Gasteiger partial charge in [0.2, 0.25) is 5.91 Å². The molecule has 0 saturated heterocycles. The molecule has 0 spiro atoms. The third kappa shape index (κ3) is 3.17. The number of amides is 1. The predicted molar refractivity (Wildman–Crippen MR) is 84.8 cm³/mol. The number of carbonyl (C=O) groups excluding carboxylic acids is 1. The Morgan fingerprint density at radius 1 is 1.25 bits per heavy atom. The van der Waals surface area contributed by atoms with Crippen LogP contribution in [-0.2, 0) is 4.79 Å². The van der Waals surface area contributed by atoms with Gasteiger partial charge in [0.1, 0.15) is 0 Å². The zero-order chi connectivity index (χ0) is 14.9. The molecule has 0 bridgehead atoms. The van der Waals surface area contributed by atoms with Crippen molar-refractivity contribution in [2.75, 3.05) is 11.1 Å². The van der Waals surface area contributed by atoms with Crippen molar-refractivity contribution in [2.24, 2.45) is 5.41 Å². The number of nitrogens with one attached hydrogen (secondary N) is 1. The Hall–Kier alpha value is -1.88. The van der Waals surface area contributed by atoms with E-state index in [2.05, 4.69) is 10.3 Å². The lowest BCUT2D eigenvalue weighted by Crippen LogP contribution is -2.27. The van der Waals surface area contributed by atoms with E-state index in [0.717, 1.165) is 21.8 Å². The van der Waals surface area contributed by atoms with E-state index < -0.39 is 5.41 Å². The van der Waals surface area contributed by atoms with Crippen molar-refractivity contribution in [3.63, 3.8) is 0 Å². The smallest absolute Gasteiger partial charge is 0.229 e. The SMILES string of the molecule is Cc1sc(N)nc1-c1ccc(NC(=O)C(C)(C)C)cc1. The first-order valence-corrected chi connectivity index (χ1v) is 7.24. The average Bonchev–Trinajstić information content (AvgIpc) is 2.68. The molecule has 0 aliphatic carbocycles. The van der Waals surface area contributed by atoms with Gasteiger partial charge in [-0.2, -0.15) is 0 Å². The molecule has 1 aromatic heterocycles. The molecule has 0 atom stereocenters. The van der Waals surface area contributed by atoms with Crippen LogP contribution in [0.3, 0.4) is 0 Å². The third-order valence-electron chi connectivity index (χ3n) is 2.91. The van der Waals surface area contributed by atoms with E-state index in [4.69, 9.17) is 5.73 Å². The van der Waals surface area contributed by atoms with Gasteiger partial charge in [0, 0.05) is 21.5 Å². The molecule has 3 N–H and O–H groups in total. The number of aryl methyl sites for hydroxylation is 1. The van der Waals surface area contributed by atoms with Gasteiger partial charge in [-0.3, -0.25) is 4.79 Å². The quantitative estimate of drug-likeness (QED) is 0.886. The zero-order valence-electron chi connectivity index (χ0n) is 12.2. The molecular formula is C15H19N3OS. The highest BCUT2D eigenvalue weighted by Crippen LogP contribution is 2.29. The first-order valence-electron chi connectivity index (χ1n) is 6.42. The van der Waals surface area contributed by atoms with Crippen LogP contribution >= 0.6 is 11.3 Å². The number of nitrogens with zero attached hydrogens (tertiary/aromatic N) is 1. The highest BCUT2D eigenvalue weighted by Gasteiger charge is 2.21. The molecule has 5 heteroatoms. The van der Waals surface area contributed by atoms with Crippen molar-refractivity contribution in [3.8, 4) is 11.3 Å². The maximum atomic E-state index is 11.9. The summed E-state index contributed by atoms with van der Waals surface area (Å²) < 4.78 is 0. The first kappa shape index (κ1) is 14.5. The molecule has 4 nitrogen and oxygen atoms in total. The Labute approximate surface area is 123 Å². The second-order valence-corrected chi connectivity index (χ2v) is 6.97. The number of thiazole rings is 1. The summed E-state index contributed by atoms with van der Waals surface area (Å²) in [5.41, 5.74) is 8.00. The largest absolute Gasteiger partial charge is 0.375 e. The molecule has 0 aliphatic rings. The maximum absolute atomic E-state index is 11.9. The fraction of sp³-hybridized carbons (Fsp3) is 0.333. The topological polar surface area (TPSA) is 68.0 Å². The predicted octanol–water partition coefficient (Wildman–Crippen LogP) is 3.69. The fourth-order valence-corrected chi connectivity index (χ4v) is 2.43. The molecule has 20 heavy (non-hydrogen) atoms. The van der Waals surface area contributed by atoms with Gasteiger partial charge in [-0.1, -0.05) is 32.9 Å². The summed E-state index contributed by atoms with van der Waals surface area (Å²) in [5, 5.41) is 3.47. The Bertz CT molecular complexity index is 624. The van der Waals surface area contributed by atoms with Gasteiger partial charge in [-0.25, -0.2) is 4.98 Å². The van der Waals surface area contributed by atoms with E-state index in [1.54, 1.807) is 0 Å². The number of aromatic nitrogens is 1. The number of anilines is 2. The molecule has 2 aromatic rings.